The number of hydrogen-bond donors (Lipinski definition) is 2. The van der Waals surface area contributed by atoms with E-state index in [0.717, 1.165) is 25.7 Å². The summed E-state index contributed by atoms with van der Waals surface area (Å²) in [5, 5.41) is 5.86. The Kier molecular flexibility index (Phi) is 8.52. The molecule has 3 aliphatic heterocycles. The number of nitrogens with zero attached hydrogens (tertiary/aromatic N) is 4. The molecule has 0 bridgehead atoms. The summed E-state index contributed by atoms with van der Waals surface area (Å²) in [6, 6.07) is -0.943. The van der Waals surface area contributed by atoms with Gasteiger partial charge in [-0.2, -0.15) is 0 Å². The summed E-state index contributed by atoms with van der Waals surface area (Å²) >= 11 is 0. The molecule has 2 saturated carbocycles. The van der Waals surface area contributed by atoms with Gasteiger partial charge in [0, 0.05) is 56.7 Å². The second kappa shape index (κ2) is 12.2. The third kappa shape index (κ3) is 6.31. The maximum atomic E-state index is 16.2. The van der Waals surface area contributed by atoms with Gasteiger partial charge in [0.25, 0.3) is 5.91 Å². The first-order valence-electron chi connectivity index (χ1n) is 15.9. The Balaban J connectivity index is 1.18. The molecule has 6 rings (SSSR count). The quantitative estimate of drug-likeness (QED) is 0.362. The summed E-state index contributed by atoms with van der Waals surface area (Å²) in [5.41, 5.74) is -0.472. The van der Waals surface area contributed by atoms with Crippen molar-refractivity contribution >= 4 is 17.8 Å². The van der Waals surface area contributed by atoms with Crippen molar-refractivity contribution in [3.8, 4) is 0 Å². The normalized spacial score (nSPS) is 34.2. The van der Waals surface area contributed by atoms with Gasteiger partial charge < -0.3 is 29.6 Å². The van der Waals surface area contributed by atoms with Gasteiger partial charge in [0.1, 0.15) is 11.8 Å². The summed E-state index contributed by atoms with van der Waals surface area (Å²) in [6.07, 6.45) is 10.0. The van der Waals surface area contributed by atoms with E-state index in [9.17, 15) is 14.4 Å². The summed E-state index contributed by atoms with van der Waals surface area (Å²) in [6.45, 7) is 7.71. The number of hydrogen-bond acceptors (Lipinski definition) is 8. The minimum absolute atomic E-state index is 0.0494. The number of likely N-dealkylation sites (tertiary alicyclic amines) is 1. The molecule has 2 N–H and O–H groups in total. The number of imidazole rings is 1. The lowest BCUT2D eigenvalue weighted by molar-refractivity contribution is -0.209. The Morgan fingerprint density at radius 1 is 1.19 bits per heavy atom. The third-order valence-electron chi connectivity index (χ3n) is 9.59. The van der Waals surface area contributed by atoms with Crippen molar-refractivity contribution in [1.82, 2.24) is 30.0 Å². The molecule has 12 heteroatoms. The molecule has 4 heterocycles. The molecule has 1 aromatic heterocycles. The maximum absolute atomic E-state index is 16.2. The highest BCUT2D eigenvalue weighted by Crippen LogP contribution is 2.47. The Morgan fingerprint density at radius 3 is 2.77 bits per heavy atom. The van der Waals surface area contributed by atoms with Crippen molar-refractivity contribution < 1.29 is 28.2 Å². The lowest BCUT2D eigenvalue weighted by Gasteiger charge is -2.60. The zero-order chi connectivity index (χ0) is 30.3. The largest absolute Gasteiger partial charge is 0.444 e. The Bertz CT molecular complexity index is 1220. The Hall–Kier alpha value is -2.99. The number of aryl methyl sites for hydroxylation is 1. The number of ether oxygens (including phenoxy) is 2. The van der Waals surface area contributed by atoms with Crippen LogP contribution in [0.3, 0.4) is 0 Å². The van der Waals surface area contributed by atoms with Crippen LogP contribution in [0.15, 0.2) is 30.5 Å². The van der Waals surface area contributed by atoms with Gasteiger partial charge in [-0.1, -0.05) is 12.8 Å². The molecule has 4 fully saturated rings. The van der Waals surface area contributed by atoms with Gasteiger partial charge in [0.05, 0.1) is 42.2 Å². The number of halogens is 1. The van der Waals surface area contributed by atoms with Crippen LogP contribution in [-0.4, -0.2) is 105 Å². The van der Waals surface area contributed by atoms with E-state index >= 15 is 4.39 Å². The molecule has 43 heavy (non-hydrogen) atoms. The zero-order valence-electron chi connectivity index (χ0n) is 25.4. The number of ketones is 1. The highest BCUT2D eigenvalue weighted by molar-refractivity contribution is 6.20. The molecule has 2 saturated heterocycles. The van der Waals surface area contributed by atoms with Crippen LogP contribution in [-0.2, 0) is 25.6 Å². The van der Waals surface area contributed by atoms with Crippen molar-refractivity contribution in [2.24, 2.45) is 5.92 Å². The molecule has 236 valence electrons. The van der Waals surface area contributed by atoms with E-state index in [4.69, 9.17) is 9.47 Å². The maximum Gasteiger partial charge on any atom is 0.407 e. The van der Waals surface area contributed by atoms with E-state index in [1.165, 1.54) is 0 Å². The fraction of sp³-hybridized carbons (Fsp3) is 0.742. The molecular formula is C31H45FN6O5. The first-order valence-corrected chi connectivity index (χ1v) is 15.9. The minimum atomic E-state index is -1.30. The highest BCUT2D eigenvalue weighted by Gasteiger charge is 2.60. The molecule has 8 atom stereocenters. The van der Waals surface area contributed by atoms with Crippen LogP contribution in [0.4, 0.5) is 9.18 Å². The van der Waals surface area contributed by atoms with E-state index in [0.29, 0.717) is 39.0 Å². The fourth-order valence-electron chi connectivity index (χ4n) is 7.79. The number of alkyl halides is 1. The average molecular weight is 601 g/mol. The molecular weight excluding hydrogens is 555 g/mol. The molecule has 0 spiro atoms. The smallest absolute Gasteiger partial charge is 0.407 e. The number of Topliss-reactive ketones (excluding diaryl/α,β-unsaturated/α-hetero) is 1. The fourth-order valence-corrected chi connectivity index (χ4v) is 7.79. The number of amides is 2. The van der Waals surface area contributed by atoms with Crippen LogP contribution in [0.2, 0.25) is 0 Å². The van der Waals surface area contributed by atoms with E-state index in [-0.39, 0.29) is 42.0 Å². The van der Waals surface area contributed by atoms with E-state index in [2.05, 4.69) is 25.4 Å². The van der Waals surface area contributed by atoms with E-state index < -0.39 is 41.8 Å². The number of morpholine rings is 1. The standard InChI is InChI=1S/C31H45FN6O5/c1-31(2,3)43-30(41)35-19-9-13-37(16-19)26-22(32)15-20-25-28(26)42-24-8-5-4-7-23(24)38(25)17-21(27(20)39)29(40)34-10-6-12-36-14-11-33-18-36/h11,14,17-20,22-26,28H,4-10,12-13,15-16H2,1-3H3,(H,34,40)(H,35,41). The van der Waals surface area contributed by atoms with Crippen molar-refractivity contribution in [3.63, 3.8) is 0 Å². The monoisotopic (exact) mass is 600 g/mol. The second-order valence-corrected chi connectivity index (χ2v) is 13.7. The summed E-state index contributed by atoms with van der Waals surface area (Å²) in [4.78, 5) is 47.8. The molecule has 2 amide bonds. The first kappa shape index (κ1) is 30.1. The molecule has 0 aromatic carbocycles. The van der Waals surface area contributed by atoms with Gasteiger partial charge in [-0.15, -0.1) is 0 Å². The number of nitrogens with one attached hydrogen (secondary N) is 2. The zero-order valence-corrected chi connectivity index (χ0v) is 25.4. The van der Waals surface area contributed by atoms with E-state index in [1.54, 1.807) is 18.7 Å². The topological polar surface area (TPSA) is 118 Å². The first-order chi connectivity index (χ1) is 20.6. The van der Waals surface area contributed by atoms with Gasteiger partial charge in [-0.05, 0) is 52.9 Å². The van der Waals surface area contributed by atoms with Crippen LogP contribution in [0.25, 0.3) is 0 Å². The third-order valence-corrected chi connectivity index (χ3v) is 9.59. The molecule has 8 unspecified atom stereocenters. The minimum Gasteiger partial charge on any atom is -0.444 e. The Morgan fingerprint density at radius 2 is 2.00 bits per heavy atom. The second-order valence-electron chi connectivity index (χ2n) is 13.7. The molecule has 11 nitrogen and oxygen atoms in total. The van der Waals surface area contributed by atoms with Crippen molar-refractivity contribution in [1.29, 1.82) is 0 Å². The van der Waals surface area contributed by atoms with Crippen molar-refractivity contribution in [2.45, 2.75) is 120 Å². The van der Waals surface area contributed by atoms with Gasteiger partial charge in [0.15, 0.2) is 5.78 Å². The van der Waals surface area contributed by atoms with Gasteiger partial charge in [-0.3, -0.25) is 14.5 Å². The summed E-state index contributed by atoms with van der Waals surface area (Å²) in [7, 11) is 0. The molecule has 2 aliphatic carbocycles. The SMILES string of the molecule is CC(C)(C)OC(=O)NC1CCN(C2C(F)CC3C(=O)C(C(=O)NCCCn4ccnc4)=CN4C5CCCCC5OC2C34)C1. The predicted octanol–water partition coefficient (Wildman–Crippen LogP) is 2.56. The lowest BCUT2D eigenvalue weighted by atomic mass is 9.69. The van der Waals surface area contributed by atoms with Crippen LogP contribution >= 0.6 is 0 Å². The molecule has 1 aromatic rings. The molecule has 0 radical (unpaired) electrons. The van der Waals surface area contributed by atoms with Gasteiger partial charge in [-0.25, -0.2) is 14.2 Å². The predicted molar refractivity (Wildman–Crippen MR) is 156 cm³/mol. The van der Waals surface area contributed by atoms with Crippen LogP contribution in [0.1, 0.15) is 65.7 Å². The summed E-state index contributed by atoms with van der Waals surface area (Å²) < 4.78 is 30.4. The van der Waals surface area contributed by atoms with Crippen LogP contribution < -0.4 is 10.6 Å². The van der Waals surface area contributed by atoms with Crippen LogP contribution in [0.5, 0.6) is 0 Å². The average Bonchev–Trinajstić information content (AvgIpc) is 3.63. The van der Waals surface area contributed by atoms with Crippen molar-refractivity contribution in [2.75, 3.05) is 19.6 Å². The van der Waals surface area contributed by atoms with Crippen LogP contribution in [0, 0.1) is 5.92 Å². The van der Waals surface area contributed by atoms with Gasteiger partial charge >= 0.3 is 6.09 Å². The number of fused-ring (bicyclic) bond motifs is 2. The number of carbonyl (C=O) groups excluding carboxylic acids is 3. The lowest BCUT2D eigenvalue weighted by Crippen LogP contribution is -2.73. The van der Waals surface area contributed by atoms with E-state index in [1.807, 2.05) is 31.5 Å². The highest BCUT2D eigenvalue weighted by atomic mass is 19.1. The number of alkyl carbamates (subject to hydrolysis) is 1. The number of carbonyl (C=O) groups is 3. The number of rotatable bonds is 7. The molecule has 5 aliphatic rings. The van der Waals surface area contributed by atoms with Gasteiger partial charge in [0.2, 0.25) is 0 Å². The summed E-state index contributed by atoms with van der Waals surface area (Å²) in [5.74, 6) is -1.32. The Labute approximate surface area is 252 Å². The number of aromatic nitrogens is 2. The van der Waals surface area contributed by atoms with Crippen molar-refractivity contribution in [3.05, 3.63) is 30.5 Å².